The Hall–Kier alpha value is -1.90. The lowest BCUT2D eigenvalue weighted by molar-refractivity contribution is 0.568. The number of aryl methyl sites for hydroxylation is 1. The third-order valence-electron chi connectivity index (χ3n) is 3.63. The zero-order valence-corrected chi connectivity index (χ0v) is 11.3. The molecule has 0 aliphatic carbocycles. The summed E-state index contributed by atoms with van der Waals surface area (Å²) in [6, 6.07) is 10.5. The van der Waals surface area contributed by atoms with Crippen molar-refractivity contribution in [2.45, 2.75) is 26.2 Å². The molecule has 0 spiro atoms. The van der Waals surface area contributed by atoms with Gasteiger partial charge in [-0.25, -0.2) is 9.97 Å². The average Bonchev–Trinajstić information content (AvgIpc) is 2.49. The Balaban J connectivity index is 1.88. The predicted octanol–water partition coefficient (Wildman–Crippen LogP) is 3.44. The molecule has 1 aliphatic rings. The summed E-state index contributed by atoms with van der Waals surface area (Å²) in [6.45, 7) is 4.26. The molecule has 2 heterocycles. The van der Waals surface area contributed by atoms with Gasteiger partial charge in [0, 0.05) is 24.8 Å². The van der Waals surface area contributed by atoms with Crippen LogP contribution in [0.1, 0.15) is 24.8 Å². The number of piperidine rings is 1. The van der Waals surface area contributed by atoms with Gasteiger partial charge in [-0.15, -0.1) is 0 Å². The molecule has 0 N–H and O–H groups in total. The molecule has 0 amide bonds. The van der Waals surface area contributed by atoms with Gasteiger partial charge in [-0.2, -0.15) is 0 Å². The Morgan fingerprint density at radius 3 is 2.42 bits per heavy atom. The maximum absolute atomic E-state index is 4.71. The van der Waals surface area contributed by atoms with Gasteiger partial charge in [0.2, 0.25) is 5.95 Å². The first-order chi connectivity index (χ1) is 9.33. The standard InChI is InChI=1S/C16H19N3/c1-13-5-7-14(8-6-13)15-9-10-17-16(18-15)19-11-3-2-4-12-19/h5-10H,2-4,11-12H2,1H3. The van der Waals surface area contributed by atoms with E-state index in [1.54, 1.807) is 0 Å². The molecule has 0 radical (unpaired) electrons. The third kappa shape index (κ3) is 2.75. The van der Waals surface area contributed by atoms with Crippen LogP contribution in [-0.2, 0) is 0 Å². The zero-order chi connectivity index (χ0) is 13.1. The van der Waals surface area contributed by atoms with E-state index in [1.807, 2.05) is 12.3 Å². The summed E-state index contributed by atoms with van der Waals surface area (Å²) in [5.74, 6) is 0.873. The smallest absolute Gasteiger partial charge is 0.225 e. The van der Waals surface area contributed by atoms with Crippen molar-refractivity contribution < 1.29 is 0 Å². The largest absolute Gasteiger partial charge is 0.341 e. The normalized spacial score (nSPS) is 15.5. The minimum atomic E-state index is 0.873. The number of anilines is 1. The van der Waals surface area contributed by atoms with E-state index in [2.05, 4.69) is 41.1 Å². The second kappa shape index (κ2) is 5.39. The van der Waals surface area contributed by atoms with Gasteiger partial charge in [0.25, 0.3) is 0 Å². The Morgan fingerprint density at radius 2 is 1.68 bits per heavy atom. The van der Waals surface area contributed by atoms with E-state index in [0.717, 1.165) is 30.3 Å². The summed E-state index contributed by atoms with van der Waals surface area (Å²) in [6.07, 6.45) is 5.69. The van der Waals surface area contributed by atoms with Crippen LogP contribution in [0.2, 0.25) is 0 Å². The third-order valence-corrected chi connectivity index (χ3v) is 3.63. The van der Waals surface area contributed by atoms with Gasteiger partial charge in [0.1, 0.15) is 0 Å². The second-order valence-corrected chi connectivity index (χ2v) is 5.16. The van der Waals surface area contributed by atoms with Crippen LogP contribution >= 0.6 is 0 Å². The van der Waals surface area contributed by atoms with E-state index in [4.69, 9.17) is 4.98 Å². The van der Waals surface area contributed by atoms with Gasteiger partial charge in [0.15, 0.2) is 0 Å². The molecule has 1 saturated heterocycles. The molecule has 3 rings (SSSR count). The first kappa shape index (κ1) is 12.2. The maximum Gasteiger partial charge on any atom is 0.225 e. The predicted molar refractivity (Wildman–Crippen MR) is 78.3 cm³/mol. The Kier molecular flexibility index (Phi) is 3.45. The van der Waals surface area contributed by atoms with E-state index < -0.39 is 0 Å². The number of nitrogens with zero attached hydrogens (tertiary/aromatic N) is 3. The highest BCUT2D eigenvalue weighted by atomic mass is 15.2. The SMILES string of the molecule is Cc1ccc(-c2ccnc(N3CCCCC3)n2)cc1. The second-order valence-electron chi connectivity index (χ2n) is 5.16. The summed E-state index contributed by atoms with van der Waals surface area (Å²) in [7, 11) is 0. The van der Waals surface area contributed by atoms with Gasteiger partial charge in [-0.3, -0.25) is 0 Å². The summed E-state index contributed by atoms with van der Waals surface area (Å²) < 4.78 is 0. The van der Waals surface area contributed by atoms with Crippen molar-refractivity contribution in [3.05, 3.63) is 42.1 Å². The fraction of sp³-hybridized carbons (Fsp3) is 0.375. The zero-order valence-electron chi connectivity index (χ0n) is 11.3. The lowest BCUT2D eigenvalue weighted by Gasteiger charge is -2.26. The van der Waals surface area contributed by atoms with Crippen LogP contribution in [0.4, 0.5) is 5.95 Å². The Morgan fingerprint density at radius 1 is 0.947 bits per heavy atom. The molecule has 3 heteroatoms. The van der Waals surface area contributed by atoms with E-state index >= 15 is 0 Å². The van der Waals surface area contributed by atoms with Gasteiger partial charge in [-0.05, 0) is 32.3 Å². The highest BCUT2D eigenvalue weighted by molar-refractivity contribution is 5.60. The number of benzene rings is 1. The molecule has 1 aliphatic heterocycles. The number of rotatable bonds is 2. The maximum atomic E-state index is 4.71. The van der Waals surface area contributed by atoms with Gasteiger partial charge in [-0.1, -0.05) is 29.8 Å². The number of hydrogen-bond donors (Lipinski definition) is 0. The van der Waals surface area contributed by atoms with Crippen LogP contribution in [0.25, 0.3) is 11.3 Å². The monoisotopic (exact) mass is 253 g/mol. The molecule has 1 aromatic heterocycles. The van der Waals surface area contributed by atoms with E-state index in [9.17, 15) is 0 Å². The van der Waals surface area contributed by atoms with Gasteiger partial charge >= 0.3 is 0 Å². The fourth-order valence-electron chi connectivity index (χ4n) is 2.48. The molecule has 0 saturated carbocycles. The summed E-state index contributed by atoms with van der Waals surface area (Å²) in [5.41, 5.74) is 3.44. The minimum Gasteiger partial charge on any atom is -0.341 e. The van der Waals surface area contributed by atoms with Gasteiger partial charge in [0.05, 0.1) is 5.69 Å². The minimum absolute atomic E-state index is 0.873. The van der Waals surface area contributed by atoms with Crippen LogP contribution in [0.5, 0.6) is 0 Å². The average molecular weight is 253 g/mol. The van der Waals surface area contributed by atoms with Crippen LogP contribution in [-0.4, -0.2) is 23.1 Å². The van der Waals surface area contributed by atoms with Crippen LogP contribution < -0.4 is 4.90 Å². The van der Waals surface area contributed by atoms with Crippen molar-refractivity contribution in [1.29, 1.82) is 0 Å². The fourth-order valence-corrected chi connectivity index (χ4v) is 2.48. The molecule has 1 fully saturated rings. The van der Waals surface area contributed by atoms with Crippen LogP contribution in [0.15, 0.2) is 36.5 Å². The molecule has 19 heavy (non-hydrogen) atoms. The van der Waals surface area contributed by atoms with Gasteiger partial charge < -0.3 is 4.90 Å². The first-order valence-electron chi connectivity index (χ1n) is 6.98. The highest BCUT2D eigenvalue weighted by Crippen LogP contribution is 2.21. The molecule has 0 atom stereocenters. The molecule has 3 nitrogen and oxygen atoms in total. The number of aromatic nitrogens is 2. The quantitative estimate of drug-likeness (QED) is 0.821. The van der Waals surface area contributed by atoms with Crippen LogP contribution in [0, 0.1) is 6.92 Å². The lowest BCUT2D eigenvalue weighted by Crippen LogP contribution is -2.30. The van der Waals surface area contributed by atoms with Crippen molar-refractivity contribution in [2.24, 2.45) is 0 Å². The first-order valence-corrected chi connectivity index (χ1v) is 6.98. The summed E-state index contributed by atoms with van der Waals surface area (Å²) in [5, 5.41) is 0. The van der Waals surface area contributed by atoms with Crippen molar-refractivity contribution in [2.75, 3.05) is 18.0 Å². The van der Waals surface area contributed by atoms with Crippen molar-refractivity contribution in [1.82, 2.24) is 9.97 Å². The Labute approximate surface area is 114 Å². The molecular weight excluding hydrogens is 234 g/mol. The van der Waals surface area contributed by atoms with Crippen molar-refractivity contribution >= 4 is 5.95 Å². The molecule has 2 aromatic rings. The van der Waals surface area contributed by atoms with Crippen molar-refractivity contribution in [3.63, 3.8) is 0 Å². The molecule has 0 unspecified atom stereocenters. The molecule has 0 bridgehead atoms. The summed E-state index contributed by atoms with van der Waals surface area (Å²) >= 11 is 0. The summed E-state index contributed by atoms with van der Waals surface area (Å²) in [4.78, 5) is 11.4. The molecule has 1 aromatic carbocycles. The van der Waals surface area contributed by atoms with E-state index in [1.165, 1.54) is 24.8 Å². The van der Waals surface area contributed by atoms with E-state index in [0.29, 0.717) is 0 Å². The Bertz CT molecular complexity index is 542. The molecular formula is C16H19N3. The lowest BCUT2D eigenvalue weighted by atomic mass is 10.1. The number of hydrogen-bond acceptors (Lipinski definition) is 3. The highest BCUT2D eigenvalue weighted by Gasteiger charge is 2.13. The molecule has 98 valence electrons. The van der Waals surface area contributed by atoms with Crippen molar-refractivity contribution in [3.8, 4) is 11.3 Å². The van der Waals surface area contributed by atoms with E-state index in [-0.39, 0.29) is 0 Å². The van der Waals surface area contributed by atoms with Crippen LogP contribution in [0.3, 0.4) is 0 Å². The topological polar surface area (TPSA) is 29.0 Å².